The van der Waals surface area contributed by atoms with E-state index in [2.05, 4.69) is 35.8 Å². The lowest BCUT2D eigenvalue weighted by Crippen LogP contribution is -2.12. The number of carbonyl (C=O) groups is 1. The molecule has 0 radical (unpaired) electrons. The van der Waals surface area contributed by atoms with Gasteiger partial charge >= 0.3 is 0 Å². The first-order valence-corrected chi connectivity index (χ1v) is 7.99. The SMILES string of the molecule is O=C(Nc1ccnc2[nH]ncc12)c1ccc(CNc2ncccn2)cc1. The Morgan fingerprint density at radius 3 is 2.62 bits per heavy atom. The Morgan fingerprint density at radius 1 is 1.00 bits per heavy atom. The number of nitrogens with one attached hydrogen (secondary N) is 3. The minimum absolute atomic E-state index is 0.190. The van der Waals surface area contributed by atoms with Crippen LogP contribution in [-0.4, -0.2) is 31.1 Å². The summed E-state index contributed by atoms with van der Waals surface area (Å²) in [5.74, 6) is 0.376. The third-order valence-electron chi connectivity index (χ3n) is 3.83. The monoisotopic (exact) mass is 345 g/mol. The van der Waals surface area contributed by atoms with Gasteiger partial charge in [-0.25, -0.2) is 15.0 Å². The van der Waals surface area contributed by atoms with Crippen molar-refractivity contribution in [3.63, 3.8) is 0 Å². The summed E-state index contributed by atoms with van der Waals surface area (Å²) in [5, 5.41) is 13.5. The van der Waals surface area contributed by atoms with Gasteiger partial charge in [-0.3, -0.25) is 9.89 Å². The van der Waals surface area contributed by atoms with Crippen LogP contribution >= 0.6 is 0 Å². The second kappa shape index (κ2) is 6.98. The molecule has 0 aliphatic carbocycles. The number of H-pyrrole nitrogens is 1. The van der Waals surface area contributed by atoms with Crippen molar-refractivity contribution in [2.45, 2.75) is 6.54 Å². The van der Waals surface area contributed by atoms with Crippen molar-refractivity contribution in [1.29, 1.82) is 0 Å². The number of aromatic amines is 1. The maximum atomic E-state index is 12.5. The molecule has 4 rings (SSSR count). The number of benzene rings is 1. The topological polar surface area (TPSA) is 108 Å². The summed E-state index contributed by atoms with van der Waals surface area (Å²) in [4.78, 5) is 24.8. The maximum Gasteiger partial charge on any atom is 0.255 e. The molecule has 0 aliphatic heterocycles. The average Bonchev–Trinajstić information content (AvgIpc) is 3.17. The van der Waals surface area contributed by atoms with Crippen molar-refractivity contribution >= 4 is 28.6 Å². The van der Waals surface area contributed by atoms with Gasteiger partial charge in [0.05, 0.1) is 17.3 Å². The van der Waals surface area contributed by atoms with Crippen LogP contribution < -0.4 is 10.6 Å². The standard InChI is InChI=1S/C18H15N7O/c26-17(24-15-6-9-19-16-14(15)11-23-25-16)13-4-2-12(3-5-13)10-22-18-20-7-1-8-21-18/h1-9,11H,10H2,(H,20,21,22)(H2,19,23,24,25,26). The van der Waals surface area contributed by atoms with E-state index in [0.717, 1.165) is 10.9 Å². The Morgan fingerprint density at radius 2 is 1.81 bits per heavy atom. The van der Waals surface area contributed by atoms with E-state index in [1.807, 2.05) is 12.1 Å². The summed E-state index contributed by atoms with van der Waals surface area (Å²) in [6.45, 7) is 0.575. The number of pyridine rings is 1. The van der Waals surface area contributed by atoms with Gasteiger partial charge in [-0.05, 0) is 29.8 Å². The van der Waals surface area contributed by atoms with Crippen molar-refractivity contribution in [1.82, 2.24) is 25.1 Å². The lowest BCUT2D eigenvalue weighted by atomic mass is 10.1. The third kappa shape index (κ3) is 3.34. The van der Waals surface area contributed by atoms with Crippen LogP contribution in [0.15, 0.2) is 61.2 Å². The van der Waals surface area contributed by atoms with E-state index in [-0.39, 0.29) is 5.91 Å². The summed E-state index contributed by atoms with van der Waals surface area (Å²) in [5.41, 5.74) is 2.89. The number of aromatic nitrogens is 5. The highest BCUT2D eigenvalue weighted by atomic mass is 16.1. The molecule has 0 atom stereocenters. The quantitative estimate of drug-likeness (QED) is 0.513. The number of anilines is 2. The number of hydrogen-bond acceptors (Lipinski definition) is 6. The average molecular weight is 345 g/mol. The molecule has 0 saturated heterocycles. The number of hydrogen-bond donors (Lipinski definition) is 3. The number of nitrogens with zero attached hydrogens (tertiary/aromatic N) is 4. The van der Waals surface area contributed by atoms with E-state index in [4.69, 9.17) is 0 Å². The van der Waals surface area contributed by atoms with Crippen LogP contribution in [-0.2, 0) is 6.54 Å². The minimum Gasteiger partial charge on any atom is -0.350 e. The first kappa shape index (κ1) is 15.7. The predicted molar refractivity (Wildman–Crippen MR) is 97.6 cm³/mol. The first-order valence-electron chi connectivity index (χ1n) is 7.99. The van der Waals surface area contributed by atoms with Crippen LogP contribution in [0.25, 0.3) is 11.0 Å². The van der Waals surface area contributed by atoms with Crippen molar-refractivity contribution in [2.24, 2.45) is 0 Å². The summed E-state index contributed by atoms with van der Waals surface area (Å²) in [7, 11) is 0. The van der Waals surface area contributed by atoms with Gasteiger partial charge in [0.2, 0.25) is 5.95 Å². The van der Waals surface area contributed by atoms with Crippen molar-refractivity contribution in [3.8, 4) is 0 Å². The second-order valence-corrected chi connectivity index (χ2v) is 5.57. The largest absolute Gasteiger partial charge is 0.350 e. The van der Waals surface area contributed by atoms with Gasteiger partial charge in [0, 0.05) is 30.7 Å². The van der Waals surface area contributed by atoms with Gasteiger partial charge in [0.15, 0.2) is 5.65 Å². The van der Waals surface area contributed by atoms with E-state index in [0.29, 0.717) is 29.4 Å². The molecule has 8 nitrogen and oxygen atoms in total. The summed E-state index contributed by atoms with van der Waals surface area (Å²) < 4.78 is 0. The van der Waals surface area contributed by atoms with Crippen molar-refractivity contribution < 1.29 is 4.79 Å². The van der Waals surface area contributed by atoms with E-state index >= 15 is 0 Å². The lowest BCUT2D eigenvalue weighted by Gasteiger charge is -2.08. The molecule has 1 amide bonds. The normalized spacial score (nSPS) is 10.6. The molecule has 0 aliphatic rings. The Balaban J connectivity index is 1.43. The smallest absolute Gasteiger partial charge is 0.255 e. The van der Waals surface area contributed by atoms with Gasteiger partial charge in [-0.1, -0.05) is 12.1 Å². The highest BCUT2D eigenvalue weighted by Crippen LogP contribution is 2.20. The zero-order valence-corrected chi connectivity index (χ0v) is 13.7. The van der Waals surface area contributed by atoms with Crippen LogP contribution in [0, 0.1) is 0 Å². The number of amides is 1. The molecule has 4 aromatic rings. The van der Waals surface area contributed by atoms with Gasteiger partial charge in [0.1, 0.15) is 0 Å². The minimum atomic E-state index is -0.190. The number of carbonyl (C=O) groups excluding carboxylic acids is 1. The summed E-state index contributed by atoms with van der Waals surface area (Å²) in [6, 6.07) is 10.9. The van der Waals surface area contributed by atoms with E-state index < -0.39 is 0 Å². The molecule has 0 saturated carbocycles. The molecule has 1 aromatic carbocycles. The fourth-order valence-corrected chi connectivity index (χ4v) is 2.50. The molecule has 128 valence electrons. The number of rotatable bonds is 5. The van der Waals surface area contributed by atoms with Crippen LogP contribution in [0.2, 0.25) is 0 Å². The molecule has 8 heteroatoms. The van der Waals surface area contributed by atoms with Gasteiger partial charge < -0.3 is 10.6 Å². The zero-order valence-electron chi connectivity index (χ0n) is 13.7. The maximum absolute atomic E-state index is 12.5. The number of fused-ring (bicyclic) bond motifs is 1. The zero-order chi connectivity index (χ0) is 17.8. The highest BCUT2D eigenvalue weighted by Gasteiger charge is 2.10. The fourth-order valence-electron chi connectivity index (χ4n) is 2.50. The molecule has 26 heavy (non-hydrogen) atoms. The molecular weight excluding hydrogens is 330 g/mol. The first-order chi connectivity index (χ1) is 12.8. The summed E-state index contributed by atoms with van der Waals surface area (Å²) in [6.07, 6.45) is 6.62. The molecule has 0 spiro atoms. The third-order valence-corrected chi connectivity index (χ3v) is 3.83. The fraction of sp³-hybridized carbons (Fsp3) is 0.0556. The molecule has 3 N–H and O–H groups in total. The molecule has 3 heterocycles. The van der Waals surface area contributed by atoms with E-state index in [9.17, 15) is 4.79 Å². The molecule has 0 fully saturated rings. The molecular formula is C18H15N7O. The van der Waals surface area contributed by atoms with Crippen molar-refractivity contribution in [2.75, 3.05) is 10.6 Å². The van der Waals surface area contributed by atoms with Crippen LogP contribution in [0.1, 0.15) is 15.9 Å². The molecule has 0 bridgehead atoms. The van der Waals surface area contributed by atoms with E-state index in [1.165, 1.54) is 0 Å². The Bertz CT molecular complexity index is 1030. The van der Waals surface area contributed by atoms with Crippen molar-refractivity contribution in [3.05, 3.63) is 72.3 Å². The highest BCUT2D eigenvalue weighted by molar-refractivity contribution is 6.08. The van der Waals surface area contributed by atoms with Crippen LogP contribution in [0.3, 0.4) is 0 Å². The lowest BCUT2D eigenvalue weighted by molar-refractivity contribution is 0.102. The van der Waals surface area contributed by atoms with Crippen LogP contribution in [0.4, 0.5) is 11.6 Å². The Kier molecular flexibility index (Phi) is 4.21. The Hall–Kier alpha value is -3.81. The molecule has 3 aromatic heterocycles. The second-order valence-electron chi connectivity index (χ2n) is 5.57. The van der Waals surface area contributed by atoms with Gasteiger partial charge in [-0.15, -0.1) is 0 Å². The summed E-state index contributed by atoms with van der Waals surface area (Å²) >= 11 is 0. The molecule has 0 unspecified atom stereocenters. The Labute approximate surface area is 148 Å². The van der Waals surface area contributed by atoms with E-state index in [1.54, 1.807) is 49.1 Å². The predicted octanol–water partition coefficient (Wildman–Crippen LogP) is 2.61. The van der Waals surface area contributed by atoms with Gasteiger partial charge in [0.25, 0.3) is 5.91 Å². The van der Waals surface area contributed by atoms with Gasteiger partial charge in [-0.2, -0.15) is 5.10 Å². The van der Waals surface area contributed by atoms with Crippen LogP contribution in [0.5, 0.6) is 0 Å².